The molecule has 2 aromatic carbocycles. The zero-order valence-corrected chi connectivity index (χ0v) is 18.1. The van der Waals surface area contributed by atoms with Crippen LogP contribution in [-0.2, 0) is 11.0 Å². The van der Waals surface area contributed by atoms with Crippen molar-refractivity contribution in [3.63, 3.8) is 0 Å². The minimum absolute atomic E-state index is 0.125. The fraction of sp³-hybridized carbons (Fsp3) is 0.261. The molecule has 1 unspecified atom stereocenters. The maximum atomic E-state index is 13.7. The Labute approximate surface area is 192 Å². The van der Waals surface area contributed by atoms with Gasteiger partial charge in [-0.15, -0.1) is 0 Å². The molecule has 0 spiro atoms. The van der Waals surface area contributed by atoms with Crippen LogP contribution in [0.15, 0.2) is 60.9 Å². The summed E-state index contributed by atoms with van der Waals surface area (Å²) in [6.45, 7) is 0.595. The topological polar surface area (TPSA) is 67.2 Å². The number of hydrogen-bond donors (Lipinski definition) is 1. The van der Waals surface area contributed by atoms with Crippen LogP contribution in [0.5, 0.6) is 0 Å². The minimum atomic E-state index is -4.67. The summed E-state index contributed by atoms with van der Waals surface area (Å²) in [6, 6.07) is 11.6. The summed E-state index contributed by atoms with van der Waals surface area (Å²) < 4.78 is 42.4. The summed E-state index contributed by atoms with van der Waals surface area (Å²) in [5.74, 6) is -1.42. The molecule has 2 heterocycles. The Bertz CT molecular complexity index is 1150. The zero-order chi connectivity index (χ0) is 23.6. The highest BCUT2D eigenvalue weighted by molar-refractivity contribution is 6.30. The molecular formula is C23H20ClF3N4O2. The van der Waals surface area contributed by atoms with Crippen molar-refractivity contribution in [2.45, 2.75) is 19.0 Å². The lowest BCUT2D eigenvalue weighted by Gasteiger charge is -2.32. The van der Waals surface area contributed by atoms with Gasteiger partial charge in [-0.3, -0.25) is 9.59 Å². The highest BCUT2D eigenvalue weighted by atomic mass is 35.5. The van der Waals surface area contributed by atoms with E-state index in [1.54, 1.807) is 35.2 Å². The lowest BCUT2D eigenvalue weighted by Crippen LogP contribution is -2.43. The van der Waals surface area contributed by atoms with E-state index in [0.29, 0.717) is 30.0 Å². The molecule has 1 aromatic heterocycles. The first-order chi connectivity index (χ1) is 15.7. The maximum Gasteiger partial charge on any atom is 0.418 e. The second-order valence-corrected chi connectivity index (χ2v) is 8.20. The number of aromatic nitrogens is 2. The van der Waals surface area contributed by atoms with Gasteiger partial charge >= 0.3 is 6.18 Å². The molecule has 33 heavy (non-hydrogen) atoms. The minimum Gasteiger partial charge on any atom is -0.338 e. The molecule has 1 saturated heterocycles. The smallest absolute Gasteiger partial charge is 0.338 e. The normalized spacial score (nSPS) is 16.5. The van der Waals surface area contributed by atoms with E-state index in [-0.39, 0.29) is 23.8 Å². The van der Waals surface area contributed by atoms with Crippen molar-refractivity contribution >= 4 is 29.1 Å². The van der Waals surface area contributed by atoms with E-state index < -0.39 is 23.6 Å². The van der Waals surface area contributed by atoms with Crippen LogP contribution < -0.4 is 5.32 Å². The summed E-state index contributed by atoms with van der Waals surface area (Å²) in [4.78, 5) is 27.2. The summed E-state index contributed by atoms with van der Waals surface area (Å²) in [5.41, 5.74) is -0.630. The van der Waals surface area contributed by atoms with Gasteiger partial charge in [0.1, 0.15) is 0 Å². The number of nitrogens with zero attached hydrogens (tertiary/aromatic N) is 3. The van der Waals surface area contributed by atoms with Crippen LogP contribution in [0.2, 0.25) is 5.02 Å². The molecule has 0 aliphatic carbocycles. The Kier molecular flexibility index (Phi) is 6.42. The van der Waals surface area contributed by atoms with Crippen LogP contribution in [0, 0.1) is 5.92 Å². The first kappa shape index (κ1) is 22.8. The summed E-state index contributed by atoms with van der Waals surface area (Å²) in [5, 5.41) is 6.87. The quantitative estimate of drug-likeness (QED) is 0.574. The summed E-state index contributed by atoms with van der Waals surface area (Å²) >= 11 is 5.86. The lowest BCUT2D eigenvalue weighted by molar-refractivity contribution is -0.137. The molecule has 2 amide bonds. The Morgan fingerprint density at radius 1 is 1.12 bits per heavy atom. The van der Waals surface area contributed by atoms with E-state index in [4.69, 9.17) is 11.6 Å². The largest absolute Gasteiger partial charge is 0.418 e. The molecule has 172 valence electrons. The van der Waals surface area contributed by atoms with Crippen LogP contribution in [0.3, 0.4) is 0 Å². The van der Waals surface area contributed by atoms with Gasteiger partial charge in [0.25, 0.3) is 5.91 Å². The molecule has 0 saturated carbocycles. The SMILES string of the molecule is O=C(Nc1ccc(-n2cccn2)cc1C(F)(F)F)C1CCCN(C(=O)c2ccc(Cl)cc2)C1. The molecule has 1 atom stereocenters. The molecule has 1 fully saturated rings. The first-order valence-corrected chi connectivity index (χ1v) is 10.7. The molecule has 0 radical (unpaired) electrons. The van der Waals surface area contributed by atoms with Crippen LogP contribution in [0.4, 0.5) is 18.9 Å². The second kappa shape index (κ2) is 9.27. The summed E-state index contributed by atoms with van der Waals surface area (Å²) in [6.07, 6.45) is -0.634. The van der Waals surface area contributed by atoms with Crippen LogP contribution in [0.1, 0.15) is 28.8 Å². The highest BCUT2D eigenvalue weighted by Crippen LogP contribution is 2.36. The number of nitrogens with one attached hydrogen (secondary N) is 1. The zero-order valence-electron chi connectivity index (χ0n) is 17.3. The van der Waals surface area contributed by atoms with Crippen molar-refractivity contribution in [1.82, 2.24) is 14.7 Å². The number of hydrogen-bond acceptors (Lipinski definition) is 3. The molecule has 10 heteroatoms. The van der Waals surface area contributed by atoms with Gasteiger partial charge in [-0.2, -0.15) is 18.3 Å². The number of carbonyl (C=O) groups excluding carboxylic acids is 2. The van der Waals surface area contributed by atoms with Gasteiger partial charge in [-0.1, -0.05) is 11.6 Å². The standard InChI is InChI=1S/C23H20ClF3N4O2/c24-17-6-4-15(5-7-17)22(33)30-11-1-3-16(14-30)21(32)29-20-9-8-18(31-12-2-10-28-31)13-19(20)23(25,26)27/h2,4-10,12-13,16H,1,3,11,14H2,(H,29,32). The first-order valence-electron chi connectivity index (χ1n) is 10.3. The van der Waals surface area contributed by atoms with Gasteiger partial charge in [0, 0.05) is 36.1 Å². The van der Waals surface area contributed by atoms with Gasteiger partial charge in [-0.05, 0) is 61.4 Å². The third kappa shape index (κ3) is 5.19. The molecular weight excluding hydrogens is 457 g/mol. The number of anilines is 1. The highest BCUT2D eigenvalue weighted by Gasteiger charge is 2.36. The van der Waals surface area contributed by atoms with E-state index in [1.807, 2.05) is 0 Å². The van der Waals surface area contributed by atoms with Crippen molar-refractivity contribution in [2.24, 2.45) is 5.92 Å². The number of halogens is 4. The molecule has 4 rings (SSSR count). The number of carbonyl (C=O) groups is 2. The Morgan fingerprint density at radius 3 is 2.55 bits per heavy atom. The summed E-state index contributed by atoms with van der Waals surface area (Å²) in [7, 11) is 0. The van der Waals surface area contributed by atoms with E-state index in [1.165, 1.54) is 29.2 Å². The Hall–Kier alpha value is -3.33. The number of amides is 2. The van der Waals surface area contributed by atoms with Crippen LogP contribution in [0.25, 0.3) is 5.69 Å². The van der Waals surface area contributed by atoms with E-state index >= 15 is 0 Å². The van der Waals surface area contributed by atoms with Crippen molar-refractivity contribution in [2.75, 3.05) is 18.4 Å². The average molecular weight is 477 g/mol. The van der Waals surface area contributed by atoms with E-state index in [2.05, 4.69) is 10.4 Å². The van der Waals surface area contributed by atoms with Gasteiger partial charge in [0.15, 0.2) is 0 Å². The maximum absolute atomic E-state index is 13.7. The van der Waals surface area contributed by atoms with Gasteiger partial charge in [0.2, 0.25) is 5.91 Å². The van der Waals surface area contributed by atoms with Crippen LogP contribution in [-0.4, -0.2) is 39.6 Å². The molecule has 6 nitrogen and oxygen atoms in total. The third-order valence-corrected chi connectivity index (χ3v) is 5.76. The van der Waals surface area contributed by atoms with Crippen molar-refractivity contribution in [3.05, 3.63) is 77.1 Å². The molecule has 1 aliphatic rings. The number of likely N-dealkylation sites (tertiary alicyclic amines) is 1. The number of rotatable bonds is 4. The van der Waals surface area contributed by atoms with Gasteiger partial charge < -0.3 is 10.2 Å². The predicted molar refractivity (Wildman–Crippen MR) is 117 cm³/mol. The van der Waals surface area contributed by atoms with E-state index in [0.717, 1.165) is 6.07 Å². The average Bonchev–Trinajstić information content (AvgIpc) is 3.34. The van der Waals surface area contributed by atoms with Crippen molar-refractivity contribution in [3.8, 4) is 5.69 Å². The fourth-order valence-corrected chi connectivity index (χ4v) is 3.95. The third-order valence-electron chi connectivity index (χ3n) is 5.51. The fourth-order valence-electron chi connectivity index (χ4n) is 3.83. The lowest BCUT2D eigenvalue weighted by atomic mass is 9.96. The molecule has 3 aromatic rings. The van der Waals surface area contributed by atoms with Gasteiger partial charge in [0.05, 0.1) is 22.9 Å². The monoisotopic (exact) mass is 476 g/mol. The van der Waals surface area contributed by atoms with Gasteiger partial charge in [-0.25, -0.2) is 4.68 Å². The number of benzene rings is 2. The molecule has 0 bridgehead atoms. The number of piperidine rings is 1. The predicted octanol–water partition coefficient (Wildman–Crippen LogP) is 5.04. The number of alkyl halides is 3. The molecule has 1 aliphatic heterocycles. The Morgan fingerprint density at radius 2 is 1.88 bits per heavy atom. The van der Waals surface area contributed by atoms with Crippen LogP contribution >= 0.6 is 11.6 Å². The Balaban J connectivity index is 1.50. The second-order valence-electron chi connectivity index (χ2n) is 7.76. The molecule has 1 N–H and O–H groups in total. The van der Waals surface area contributed by atoms with Crippen molar-refractivity contribution in [1.29, 1.82) is 0 Å². The van der Waals surface area contributed by atoms with E-state index in [9.17, 15) is 22.8 Å². The van der Waals surface area contributed by atoms with Crippen molar-refractivity contribution < 1.29 is 22.8 Å².